The smallest absolute Gasteiger partial charge is 0.332 e. The molecule has 9 heteroatoms. The van der Waals surface area contributed by atoms with Crippen molar-refractivity contribution < 1.29 is 23.4 Å². The van der Waals surface area contributed by atoms with Crippen molar-refractivity contribution in [2.75, 3.05) is 6.54 Å². The fourth-order valence-corrected chi connectivity index (χ4v) is 3.31. The molecule has 0 heterocycles. The molecule has 0 fully saturated rings. The van der Waals surface area contributed by atoms with Gasteiger partial charge in [-0.1, -0.05) is 27.5 Å². The van der Waals surface area contributed by atoms with E-state index < -0.39 is 22.1 Å². The van der Waals surface area contributed by atoms with Gasteiger partial charge < -0.3 is 10.2 Å². The Bertz CT molecular complexity index is 577. The van der Waals surface area contributed by atoms with Crippen LogP contribution in [0.3, 0.4) is 0 Å². The number of hydrogen-bond donors (Lipinski definition) is 3. The van der Waals surface area contributed by atoms with E-state index in [4.69, 9.17) is 21.8 Å². The first-order valence-electron chi connectivity index (χ1n) is 5.09. The highest BCUT2D eigenvalue weighted by atomic mass is 79.9. The highest BCUT2D eigenvalue weighted by Gasteiger charge is 2.19. The molecule has 0 aliphatic heterocycles. The van der Waals surface area contributed by atoms with E-state index in [2.05, 4.69) is 20.7 Å². The van der Waals surface area contributed by atoms with Crippen LogP contribution in [0.1, 0.15) is 6.42 Å². The van der Waals surface area contributed by atoms with Crippen molar-refractivity contribution in [3.63, 3.8) is 0 Å². The Morgan fingerprint density at radius 3 is 2.63 bits per heavy atom. The first-order chi connectivity index (χ1) is 8.74. The Morgan fingerprint density at radius 1 is 1.47 bits per heavy atom. The lowest BCUT2D eigenvalue weighted by molar-refractivity contribution is -0.146. The van der Waals surface area contributed by atoms with Gasteiger partial charge in [-0.25, -0.2) is 17.9 Å². The van der Waals surface area contributed by atoms with Crippen LogP contribution in [0, 0.1) is 0 Å². The maximum absolute atomic E-state index is 11.9. The van der Waals surface area contributed by atoms with Crippen molar-refractivity contribution in [3.05, 3.63) is 27.7 Å². The third-order valence-corrected chi connectivity index (χ3v) is 4.62. The minimum atomic E-state index is -3.84. The van der Waals surface area contributed by atoms with E-state index in [0.29, 0.717) is 4.47 Å². The van der Waals surface area contributed by atoms with Gasteiger partial charge in [-0.2, -0.15) is 0 Å². The molecule has 0 aliphatic carbocycles. The zero-order valence-electron chi connectivity index (χ0n) is 9.51. The third kappa shape index (κ3) is 4.73. The van der Waals surface area contributed by atoms with Gasteiger partial charge in [-0.3, -0.25) is 0 Å². The van der Waals surface area contributed by atoms with Crippen LogP contribution in [0.5, 0.6) is 0 Å². The summed E-state index contributed by atoms with van der Waals surface area (Å²) in [4.78, 5) is 10.3. The molecule has 1 aromatic rings. The summed E-state index contributed by atoms with van der Waals surface area (Å²) in [5.41, 5.74) is 0. The van der Waals surface area contributed by atoms with Gasteiger partial charge in [-0.05, 0) is 24.6 Å². The van der Waals surface area contributed by atoms with Gasteiger partial charge >= 0.3 is 5.97 Å². The Kier molecular flexibility index (Phi) is 5.75. The van der Waals surface area contributed by atoms with E-state index in [1.807, 2.05) is 0 Å². The average Bonchev–Trinajstić information content (AvgIpc) is 2.27. The Balaban J connectivity index is 2.74. The van der Waals surface area contributed by atoms with Gasteiger partial charge in [0.25, 0.3) is 0 Å². The number of sulfonamides is 1. The lowest BCUT2D eigenvalue weighted by Gasteiger charge is -2.09. The number of carbonyl (C=O) groups is 1. The normalized spacial score (nSPS) is 13.2. The van der Waals surface area contributed by atoms with Gasteiger partial charge in [0.05, 0.1) is 5.02 Å². The monoisotopic (exact) mass is 371 g/mol. The molecule has 0 radical (unpaired) electrons. The van der Waals surface area contributed by atoms with Gasteiger partial charge in [0, 0.05) is 11.0 Å². The number of carboxylic acids is 1. The standard InChI is InChI=1S/C10H11BrClNO5S/c11-6-1-2-9(7(12)5-6)19(17,18)13-4-3-8(14)10(15)16/h1-2,5,8,13-14H,3-4H2,(H,15,16). The molecule has 1 aromatic carbocycles. The van der Waals surface area contributed by atoms with Crippen LogP contribution in [0.25, 0.3) is 0 Å². The van der Waals surface area contributed by atoms with Gasteiger partial charge in [-0.15, -0.1) is 0 Å². The summed E-state index contributed by atoms with van der Waals surface area (Å²) >= 11 is 8.97. The summed E-state index contributed by atoms with van der Waals surface area (Å²) in [6.07, 6.45) is -1.84. The van der Waals surface area contributed by atoms with Gasteiger partial charge in [0.2, 0.25) is 10.0 Å². The lowest BCUT2D eigenvalue weighted by Crippen LogP contribution is -2.30. The number of hydrogen-bond acceptors (Lipinski definition) is 4. The van der Waals surface area contributed by atoms with Crippen molar-refractivity contribution in [2.24, 2.45) is 0 Å². The number of carboxylic acid groups (broad SMARTS) is 1. The topological polar surface area (TPSA) is 104 Å². The Morgan fingerprint density at radius 2 is 2.11 bits per heavy atom. The molecule has 19 heavy (non-hydrogen) atoms. The van der Waals surface area contributed by atoms with Crippen LogP contribution in [0.15, 0.2) is 27.6 Å². The number of aliphatic hydroxyl groups excluding tert-OH is 1. The Hall–Kier alpha value is -0.670. The predicted molar refractivity (Wildman–Crippen MR) is 72.6 cm³/mol. The van der Waals surface area contributed by atoms with E-state index in [0.717, 1.165) is 0 Å². The van der Waals surface area contributed by atoms with Gasteiger partial charge in [0.15, 0.2) is 6.10 Å². The maximum Gasteiger partial charge on any atom is 0.332 e. The summed E-state index contributed by atoms with van der Waals surface area (Å²) < 4.78 is 26.6. The van der Waals surface area contributed by atoms with Crippen LogP contribution >= 0.6 is 27.5 Å². The molecule has 6 nitrogen and oxygen atoms in total. The maximum atomic E-state index is 11.9. The minimum absolute atomic E-state index is 0.0423. The molecule has 1 unspecified atom stereocenters. The van der Waals surface area contributed by atoms with Crippen LogP contribution < -0.4 is 4.72 Å². The zero-order chi connectivity index (χ0) is 14.6. The largest absolute Gasteiger partial charge is 0.479 e. The molecule has 3 N–H and O–H groups in total. The van der Waals surface area contributed by atoms with Crippen LogP contribution in [0.4, 0.5) is 0 Å². The SMILES string of the molecule is O=C(O)C(O)CCNS(=O)(=O)c1ccc(Br)cc1Cl. The predicted octanol–water partition coefficient (Wildman–Crippen LogP) is 1.22. The van der Waals surface area contributed by atoms with Crippen molar-refractivity contribution in [2.45, 2.75) is 17.4 Å². The molecule has 1 rings (SSSR count). The number of aliphatic carboxylic acids is 1. The summed E-state index contributed by atoms with van der Waals surface area (Å²) in [5.74, 6) is -1.40. The number of nitrogens with one attached hydrogen (secondary N) is 1. The molecule has 0 bridgehead atoms. The number of halogens is 2. The highest BCUT2D eigenvalue weighted by molar-refractivity contribution is 9.10. The van der Waals surface area contributed by atoms with Crippen LogP contribution in [-0.4, -0.2) is 37.2 Å². The number of rotatable bonds is 6. The van der Waals surface area contributed by atoms with Crippen molar-refractivity contribution in [1.82, 2.24) is 4.72 Å². The van der Waals surface area contributed by atoms with Crippen molar-refractivity contribution >= 4 is 43.5 Å². The lowest BCUT2D eigenvalue weighted by atomic mass is 10.3. The summed E-state index contributed by atoms with van der Waals surface area (Å²) in [6.45, 7) is -0.206. The molecular formula is C10H11BrClNO5S. The number of benzene rings is 1. The van der Waals surface area contributed by atoms with Crippen molar-refractivity contribution in [1.29, 1.82) is 0 Å². The summed E-state index contributed by atoms with van der Waals surface area (Å²) in [5, 5.41) is 17.5. The quantitative estimate of drug-likeness (QED) is 0.696. The molecule has 0 saturated heterocycles. The second-order valence-corrected chi connectivity index (χ2v) is 6.67. The molecule has 1 atom stereocenters. The second kappa shape index (κ2) is 6.67. The number of aliphatic hydroxyl groups is 1. The first-order valence-corrected chi connectivity index (χ1v) is 7.75. The summed E-state index contributed by atoms with van der Waals surface area (Å²) in [7, 11) is -3.84. The average molecular weight is 373 g/mol. The van der Waals surface area contributed by atoms with E-state index in [-0.39, 0.29) is 22.9 Å². The van der Waals surface area contributed by atoms with E-state index in [1.165, 1.54) is 18.2 Å². The van der Waals surface area contributed by atoms with Gasteiger partial charge in [0.1, 0.15) is 4.90 Å². The minimum Gasteiger partial charge on any atom is -0.479 e. The van der Waals surface area contributed by atoms with E-state index in [9.17, 15) is 13.2 Å². The summed E-state index contributed by atoms with van der Waals surface area (Å²) in [6, 6.07) is 4.27. The molecule has 0 aromatic heterocycles. The third-order valence-electron chi connectivity index (χ3n) is 2.18. The molecule has 0 spiro atoms. The van der Waals surface area contributed by atoms with E-state index in [1.54, 1.807) is 0 Å². The molecule has 106 valence electrons. The van der Waals surface area contributed by atoms with Crippen LogP contribution in [0.2, 0.25) is 5.02 Å². The fourth-order valence-electron chi connectivity index (χ4n) is 1.22. The van der Waals surface area contributed by atoms with Crippen LogP contribution in [-0.2, 0) is 14.8 Å². The first kappa shape index (κ1) is 16.4. The second-order valence-electron chi connectivity index (χ2n) is 3.62. The molecule has 0 amide bonds. The molecular weight excluding hydrogens is 362 g/mol. The van der Waals surface area contributed by atoms with E-state index >= 15 is 0 Å². The molecule has 0 saturated carbocycles. The van der Waals surface area contributed by atoms with Crippen molar-refractivity contribution in [3.8, 4) is 0 Å². The molecule has 0 aliphatic rings. The Labute approximate surface area is 123 Å². The fraction of sp³-hybridized carbons (Fsp3) is 0.300. The highest BCUT2D eigenvalue weighted by Crippen LogP contribution is 2.24. The zero-order valence-corrected chi connectivity index (χ0v) is 12.7.